The molecule has 2 aromatic heterocycles. The first-order chi connectivity index (χ1) is 9.88. The van der Waals surface area contributed by atoms with Crippen LogP contribution in [-0.2, 0) is 9.84 Å². The molecular weight excluding hydrogens is 312 g/mol. The molecule has 1 aromatic carbocycles. The number of sulfone groups is 1. The van der Waals surface area contributed by atoms with Gasteiger partial charge in [-0.05, 0) is 24.6 Å². The Labute approximate surface area is 126 Å². The molecule has 8 heteroatoms. The predicted octanol–water partition coefficient (Wildman–Crippen LogP) is 2.16. The summed E-state index contributed by atoms with van der Waals surface area (Å²) >= 11 is 5.99. The van der Waals surface area contributed by atoms with E-state index in [2.05, 4.69) is 15.3 Å². The zero-order valence-electron chi connectivity index (χ0n) is 11.3. The molecule has 0 aliphatic heterocycles. The molecule has 6 nitrogen and oxygen atoms in total. The first-order valence-corrected chi connectivity index (χ1v) is 8.32. The minimum Gasteiger partial charge on any atom is -0.222 e. The summed E-state index contributed by atoms with van der Waals surface area (Å²) in [5, 5.41) is 12.6. The first-order valence-electron chi connectivity index (χ1n) is 6.05. The zero-order valence-corrected chi connectivity index (χ0v) is 12.9. The number of nitrogens with zero attached hydrogens (tertiary/aromatic N) is 4. The molecule has 2 heterocycles. The minimum absolute atomic E-state index is 0.0734. The van der Waals surface area contributed by atoms with E-state index in [1.54, 1.807) is 25.3 Å². The molecule has 0 saturated heterocycles. The molecule has 0 aliphatic carbocycles. The van der Waals surface area contributed by atoms with E-state index in [1.807, 2.05) is 12.1 Å². The Balaban J connectivity index is 2.28. The van der Waals surface area contributed by atoms with Crippen molar-refractivity contribution >= 4 is 27.1 Å². The van der Waals surface area contributed by atoms with Crippen LogP contribution in [0.15, 0.2) is 35.5 Å². The van der Waals surface area contributed by atoms with Crippen LogP contribution in [0.2, 0.25) is 5.02 Å². The van der Waals surface area contributed by atoms with Gasteiger partial charge in [0.1, 0.15) is 0 Å². The van der Waals surface area contributed by atoms with Gasteiger partial charge in [-0.1, -0.05) is 23.7 Å². The van der Waals surface area contributed by atoms with Gasteiger partial charge in [0.05, 0.1) is 11.9 Å². The van der Waals surface area contributed by atoms with E-state index in [-0.39, 0.29) is 5.03 Å². The number of benzene rings is 1. The summed E-state index contributed by atoms with van der Waals surface area (Å²) in [4.78, 5) is 0. The molecule has 0 N–H and O–H groups in total. The first kappa shape index (κ1) is 14.0. The lowest BCUT2D eigenvalue weighted by atomic mass is 10.1. The van der Waals surface area contributed by atoms with Crippen molar-refractivity contribution in [3.63, 3.8) is 0 Å². The van der Waals surface area contributed by atoms with Crippen LogP contribution in [0, 0.1) is 6.92 Å². The summed E-state index contributed by atoms with van der Waals surface area (Å²) in [6, 6.07) is 7.27. The molecule has 21 heavy (non-hydrogen) atoms. The Morgan fingerprint density at radius 3 is 2.67 bits per heavy atom. The monoisotopic (exact) mass is 322 g/mol. The van der Waals surface area contributed by atoms with Gasteiger partial charge in [-0.2, -0.15) is 5.10 Å². The number of hydrogen-bond acceptors (Lipinski definition) is 5. The number of aryl methyl sites for hydroxylation is 1. The molecule has 0 bridgehead atoms. The van der Waals surface area contributed by atoms with Crippen molar-refractivity contribution < 1.29 is 8.42 Å². The lowest BCUT2D eigenvalue weighted by Gasteiger charge is -2.04. The molecule has 0 fully saturated rings. The summed E-state index contributed by atoms with van der Waals surface area (Å²) in [5.41, 5.74) is 2.50. The number of halogens is 1. The molecule has 3 aromatic rings. The molecule has 0 aliphatic rings. The molecular formula is C13H11ClN4O2S. The van der Waals surface area contributed by atoms with Gasteiger partial charge in [-0.15, -0.1) is 10.2 Å². The van der Waals surface area contributed by atoms with E-state index < -0.39 is 9.84 Å². The average Bonchev–Trinajstić information content (AvgIpc) is 2.82. The second kappa shape index (κ2) is 4.78. The van der Waals surface area contributed by atoms with Gasteiger partial charge in [-0.3, -0.25) is 0 Å². The van der Waals surface area contributed by atoms with Crippen molar-refractivity contribution in [2.24, 2.45) is 0 Å². The van der Waals surface area contributed by atoms with E-state index in [4.69, 9.17) is 11.6 Å². The van der Waals surface area contributed by atoms with Gasteiger partial charge in [0.15, 0.2) is 20.5 Å². The number of hydrogen-bond donors (Lipinski definition) is 0. The molecule has 0 radical (unpaired) electrons. The lowest BCUT2D eigenvalue weighted by molar-refractivity contribution is 0.591. The standard InChI is InChI=1S/C13H11ClN4O2S/c1-8-13(21(2,19)20)17-16-12-11(7-15-18(8)12)9-4-3-5-10(14)6-9/h3-7H,1-2H3. The maximum atomic E-state index is 11.7. The van der Waals surface area contributed by atoms with Crippen molar-refractivity contribution in [1.82, 2.24) is 19.8 Å². The van der Waals surface area contributed by atoms with Crippen LogP contribution in [0.25, 0.3) is 16.8 Å². The van der Waals surface area contributed by atoms with Crippen LogP contribution >= 0.6 is 11.6 Å². The smallest absolute Gasteiger partial charge is 0.198 e. The van der Waals surface area contributed by atoms with Crippen LogP contribution in [0.3, 0.4) is 0 Å². The minimum atomic E-state index is -3.44. The molecule has 0 amide bonds. The fraction of sp³-hybridized carbons (Fsp3) is 0.154. The molecule has 0 saturated carbocycles. The maximum Gasteiger partial charge on any atom is 0.198 e. The largest absolute Gasteiger partial charge is 0.222 e. The number of rotatable bonds is 2. The van der Waals surface area contributed by atoms with Crippen LogP contribution in [0.4, 0.5) is 0 Å². The van der Waals surface area contributed by atoms with Crippen molar-refractivity contribution in [3.05, 3.63) is 41.2 Å². The molecule has 108 valence electrons. The Morgan fingerprint density at radius 1 is 1.24 bits per heavy atom. The Kier molecular flexibility index (Phi) is 3.18. The predicted molar refractivity (Wildman–Crippen MR) is 79.1 cm³/mol. The molecule has 0 unspecified atom stereocenters. The van der Waals surface area contributed by atoms with Crippen molar-refractivity contribution in [2.75, 3.05) is 6.26 Å². The Morgan fingerprint density at radius 2 is 2.00 bits per heavy atom. The normalized spacial score (nSPS) is 12.0. The van der Waals surface area contributed by atoms with E-state index in [1.165, 1.54) is 4.52 Å². The van der Waals surface area contributed by atoms with Gasteiger partial charge in [0.25, 0.3) is 0 Å². The molecule has 3 rings (SSSR count). The van der Waals surface area contributed by atoms with E-state index >= 15 is 0 Å². The fourth-order valence-corrected chi connectivity index (χ4v) is 3.14. The fourth-order valence-electron chi connectivity index (χ4n) is 2.14. The van der Waals surface area contributed by atoms with E-state index in [9.17, 15) is 8.42 Å². The topological polar surface area (TPSA) is 77.2 Å². The summed E-state index contributed by atoms with van der Waals surface area (Å²) < 4.78 is 24.8. The summed E-state index contributed by atoms with van der Waals surface area (Å²) in [6.07, 6.45) is 2.71. The maximum absolute atomic E-state index is 11.7. The van der Waals surface area contributed by atoms with Crippen molar-refractivity contribution in [3.8, 4) is 11.1 Å². The average molecular weight is 323 g/mol. The zero-order chi connectivity index (χ0) is 15.2. The third-order valence-electron chi connectivity index (χ3n) is 3.09. The summed E-state index contributed by atoms with van der Waals surface area (Å²) in [5.74, 6) is 0. The van der Waals surface area contributed by atoms with Gasteiger partial charge < -0.3 is 0 Å². The van der Waals surface area contributed by atoms with Gasteiger partial charge in [0, 0.05) is 16.8 Å². The second-order valence-corrected chi connectivity index (χ2v) is 7.03. The lowest BCUT2D eigenvalue weighted by Crippen LogP contribution is -2.10. The SMILES string of the molecule is Cc1c(S(C)(=O)=O)nnc2c(-c3cccc(Cl)c3)cnn12. The number of fused-ring (bicyclic) bond motifs is 1. The summed E-state index contributed by atoms with van der Waals surface area (Å²) in [7, 11) is -3.44. The van der Waals surface area contributed by atoms with Crippen molar-refractivity contribution in [1.29, 1.82) is 0 Å². The Hall–Kier alpha value is -1.99. The van der Waals surface area contributed by atoms with Gasteiger partial charge >= 0.3 is 0 Å². The quantitative estimate of drug-likeness (QED) is 0.722. The van der Waals surface area contributed by atoms with Gasteiger partial charge in [-0.25, -0.2) is 12.9 Å². The van der Waals surface area contributed by atoms with Crippen molar-refractivity contribution in [2.45, 2.75) is 11.9 Å². The highest BCUT2D eigenvalue weighted by atomic mass is 35.5. The van der Waals surface area contributed by atoms with Crippen LogP contribution in [0.1, 0.15) is 5.69 Å². The third kappa shape index (κ3) is 2.38. The molecule has 0 spiro atoms. The highest BCUT2D eigenvalue weighted by Gasteiger charge is 2.19. The van der Waals surface area contributed by atoms with E-state index in [0.29, 0.717) is 16.4 Å². The van der Waals surface area contributed by atoms with E-state index in [0.717, 1.165) is 17.4 Å². The Bertz CT molecular complexity index is 950. The van der Waals surface area contributed by atoms with Crippen LogP contribution in [-0.4, -0.2) is 34.5 Å². The number of aromatic nitrogens is 4. The molecule has 0 atom stereocenters. The summed E-state index contributed by atoms with van der Waals surface area (Å²) in [6.45, 7) is 1.65. The van der Waals surface area contributed by atoms with Crippen LogP contribution < -0.4 is 0 Å². The van der Waals surface area contributed by atoms with Crippen LogP contribution in [0.5, 0.6) is 0 Å². The second-order valence-electron chi connectivity index (χ2n) is 4.67. The highest BCUT2D eigenvalue weighted by molar-refractivity contribution is 7.90. The van der Waals surface area contributed by atoms with Gasteiger partial charge in [0.2, 0.25) is 0 Å². The highest BCUT2D eigenvalue weighted by Crippen LogP contribution is 2.26. The third-order valence-corrected chi connectivity index (χ3v) is 4.41.